The Morgan fingerprint density at radius 1 is 1.05 bits per heavy atom. The number of halogens is 3. The molecule has 21 heavy (non-hydrogen) atoms. The molecule has 3 aromatic rings. The molecule has 6 heteroatoms. The Kier molecular flexibility index (Phi) is 3.93. The van der Waals surface area contributed by atoms with Gasteiger partial charge in [-0.25, -0.2) is 0 Å². The SMILES string of the molecule is Nc1ccc(Nc2ccc(Cl)cc2Cl)c2ncc(Br)cc12. The number of hydrogen-bond acceptors (Lipinski definition) is 3. The molecule has 0 atom stereocenters. The van der Waals surface area contributed by atoms with Crippen molar-refractivity contribution in [2.75, 3.05) is 11.1 Å². The Morgan fingerprint density at radius 3 is 2.57 bits per heavy atom. The Labute approximate surface area is 140 Å². The highest BCUT2D eigenvalue weighted by Crippen LogP contribution is 2.33. The minimum atomic E-state index is 0.546. The van der Waals surface area contributed by atoms with Gasteiger partial charge < -0.3 is 11.1 Å². The maximum atomic E-state index is 6.19. The van der Waals surface area contributed by atoms with E-state index >= 15 is 0 Å². The van der Waals surface area contributed by atoms with Crippen LogP contribution in [0.3, 0.4) is 0 Å². The predicted molar refractivity (Wildman–Crippen MR) is 93.6 cm³/mol. The number of anilines is 3. The summed E-state index contributed by atoms with van der Waals surface area (Å²) in [4.78, 5) is 4.43. The summed E-state index contributed by atoms with van der Waals surface area (Å²) in [5, 5.41) is 5.28. The molecule has 0 aliphatic carbocycles. The molecule has 0 fully saturated rings. The van der Waals surface area contributed by atoms with Gasteiger partial charge in [0.2, 0.25) is 0 Å². The predicted octanol–water partition coefficient (Wildman–Crippen LogP) is 5.63. The van der Waals surface area contributed by atoms with Crippen molar-refractivity contribution in [3.8, 4) is 0 Å². The van der Waals surface area contributed by atoms with Gasteiger partial charge in [0.15, 0.2) is 0 Å². The molecule has 3 nitrogen and oxygen atoms in total. The number of hydrogen-bond donors (Lipinski definition) is 2. The molecule has 106 valence electrons. The zero-order valence-corrected chi connectivity index (χ0v) is 13.8. The molecular formula is C15H10BrCl2N3. The fourth-order valence-corrected chi connectivity index (χ4v) is 2.84. The third-order valence-electron chi connectivity index (χ3n) is 3.05. The highest BCUT2D eigenvalue weighted by Gasteiger charge is 2.08. The number of fused-ring (bicyclic) bond motifs is 1. The number of benzene rings is 2. The molecule has 1 heterocycles. The summed E-state index contributed by atoms with van der Waals surface area (Å²) in [6.07, 6.45) is 1.73. The van der Waals surface area contributed by atoms with Gasteiger partial charge in [0, 0.05) is 26.8 Å². The van der Waals surface area contributed by atoms with Gasteiger partial charge in [0.25, 0.3) is 0 Å². The van der Waals surface area contributed by atoms with Gasteiger partial charge in [-0.1, -0.05) is 23.2 Å². The number of nitrogens with two attached hydrogens (primary N) is 1. The van der Waals surface area contributed by atoms with Crippen molar-refractivity contribution in [3.05, 3.63) is 57.1 Å². The van der Waals surface area contributed by atoms with Crippen molar-refractivity contribution in [2.24, 2.45) is 0 Å². The van der Waals surface area contributed by atoms with E-state index in [1.807, 2.05) is 24.3 Å². The van der Waals surface area contributed by atoms with Crippen molar-refractivity contribution in [3.63, 3.8) is 0 Å². The van der Waals surface area contributed by atoms with Gasteiger partial charge in [0.05, 0.1) is 21.9 Å². The van der Waals surface area contributed by atoms with Gasteiger partial charge >= 0.3 is 0 Å². The Bertz CT molecular complexity index is 837. The molecule has 0 radical (unpaired) electrons. The molecule has 0 aliphatic rings. The van der Waals surface area contributed by atoms with E-state index in [4.69, 9.17) is 28.9 Å². The highest BCUT2D eigenvalue weighted by molar-refractivity contribution is 9.10. The molecule has 0 saturated carbocycles. The summed E-state index contributed by atoms with van der Waals surface area (Å²) in [6.45, 7) is 0. The van der Waals surface area contributed by atoms with Crippen LogP contribution in [0.15, 0.2) is 47.1 Å². The lowest BCUT2D eigenvalue weighted by Gasteiger charge is -2.12. The van der Waals surface area contributed by atoms with E-state index in [0.717, 1.165) is 26.8 Å². The number of nitrogens with one attached hydrogen (secondary N) is 1. The highest BCUT2D eigenvalue weighted by atomic mass is 79.9. The maximum Gasteiger partial charge on any atom is 0.0958 e. The molecular weight excluding hydrogens is 373 g/mol. The minimum absolute atomic E-state index is 0.546. The lowest BCUT2D eigenvalue weighted by Crippen LogP contribution is -1.96. The van der Waals surface area contributed by atoms with Gasteiger partial charge in [-0.15, -0.1) is 0 Å². The first-order valence-corrected chi connectivity index (χ1v) is 7.65. The van der Waals surface area contributed by atoms with Gasteiger partial charge in [-0.3, -0.25) is 4.98 Å². The van der Waals surface area contributed by atoms with Gasteiger partial charge in [-0.2, -0.15) is 0 Å². The molecule has 0 bridgehead atoms. The standard InChI is InChI=1S/C15H10BrCl2N3/c16-8-5-10-12(19)2-4-14(15(10)20-7-8)21-13-3-1-9(17)6-11(13)18/h1-7,21H,19H2. The van der Waals surface area contributed by atoms with Crippen LogP contribution in [0, 0.1) is 0 Å². The molecule has 3 N–H and O–H groups in total. The van der Waals surface area contributed by atoms with Crippen LogP contribution in [0.4, 0.5) is 17.1 Å². The van der Waals surface area contributed by atoms with Crippen LogP contribution in [0.1, 0.15) is 0 Å². The Hall–Kier alpha value is -1.49. The average molecular weight is 383 g/mol. The van der Waals surface area contributed by atoms with Crippen molar-refractivity contribution >= 4 is 67.1 Å². The van der Waals surface area contributed by atoms with Crippen LogP contribution >= 0.6 is 39.1 Å². The number of aromatic nitrogens is 1. The topological polar surface area (TPSA) is 50.9 Å². The zero-order chi connectivity index (χ0) is 15.0. The van der Waals surface area contributed by atoms with E-state index in [-0.39, 0.29) is 0 Å². The largest absolute Gasteiger partial charge is 0.398 e. The quantitative estimate of drug-likeness (QED) is 0.564. The second-order valence-electron chi connectivity index (χ2n) is 4.50. The summed E-state index contributed by atoms with van der Waals surface area (Å²) < 4.78 is 0.878. The number of nitrogen functional groups attached to an aromatic ring is 1. The van der Waals surface area contributed by atoms with E-state index in [0.29, 0.717) is 15.7 Å². The lowest BCUT2D eigenvalue weighted by molar-refractivity contribution is 1.38. The summed E-state index contributed by atoms with van der Waals surface area (Å²) in [7, 11) is 0. The molecule has 1 aromatic heterocycles. The average Bonchev–Trinajstić information content (AvgIpc) is 2.45. The van der Waals surface area contributed by atoms with E-state index in [1.165, 1.54) is 0 Å². The second-order valence-corrected chi connectivity index (χ2v) is 6.26. The first-order chi connectivity index (χ1) is 10.0. The first-order valence-electron chi connectivity index (χ1n) is 6.10. The van der Waals surface area contributed by atoms with E-state index in [2.05, 4.69) is 26.2 Å². The molecule has 0 aliphatic heterocycles. The van der Waals surface area contributed by atoms with Crippen LogP contribution in [-0.4, -0.2) is 4.98 Å². The van der Waals surface area contributed by atoms with Gasteiger partial charge in [-0.05, 0) is 52.3 Å². The first kappa shape index (κ1) is 14.4. The second kappa shape index (κ2) is 5.72. The minimum Gasteiger partial charge on any atom is -0.398 e. The Morgan fingerprint density at radius 2 is 1.81 bits per heavy atom. The zero-order valence-electron chi connectivity index (χ0n) is 10.7. The van der Waals surface area contributed by atoms with E-state index < -0.39 is 0 Å². The summed E-state index contributed by atoms with van der Waals surface area (Å²) in [5.41, 5.74) is 9.05. The number of nitrogens with zero attached hydrogens (tertiary/aromatic N) is 1. The third kappa shape index (κ3) is 2.93. The molecule has 2 aromatic carbocycles. The molecule has 0 unspecified atom stereocenters. The lowest BCUT2D eigenvalue weighted by atomic mass is 10.1. The normalized spacial score (nSPS) is 10.8. The monoisotopic (exact) mass is 381 g/mol. The number of pyridine rings is 1. The Balaban J connectivity index is 2.11. The summed E-state index contributed by atoms with van der Waals surface area (Å²) in [6, 6.07) is 10.9. The van der Waals surface area contributed by atoms with E-state index in [1.54, 1.807) is 18.3 Å². The van der Waals surface area contributed by atoms with E-state index in [9.17, 15) is 0 Å². The molecule has 0 spiro atoms. The summed E-state index contributed by atoms with van der Waals surface area (Å²) >= 11 is 15.5. The third-order valence-corrected chi connectivity index (χ3v) is 4.03. The van der Waals surface area contributed by atoms with Crippen LogP contribution < -0.4 is 11.1 Å². The van der Waals surface area contributed by atoms with Gasteiger partial charge in [0.1, 0.15) is 0 Å². The fraction of sp³-hybridized carbons (Fsp3) is 0. The smallest absolute Gasteiger partial charge is 0.0958 e. The van der Waals surface area contributed by atoms with Crippen molar-refractivity contribution < 1.29 is 0 Å². The van der Waals surface area contributed by atoms with Crippen LogP contribution in [0.2, 0.25) is 10.0 Å². The summed E-state index contributed by atoms with van der Waals surface area (Å²) in [5.74, 6) is 0. The molecule has 3 rings (SSSR count). The van der Waals surface area contributed by atoms with Crippen LogP contribution in [0.5, 0.6) is 0 Å². The molecule has 0 saturated heterocycles. The number of rotatable bonds is 2. The fourth-order valence-electron chi connectivity index (χ4n) is 2.05. The van der Waals surface area contributed by atoms with Crippen LogP contribution in [0.25, 0.3) is 10.9 Å². The van der Waals surface area contributed by atoms with Crippen molar-refractivity contribution in [1.82, 2.24) is 4.98 Å². The van der Waals surface area contributed by atoms with Crippen molar-refractivity contribution in [1.29, 1.82) is 0 Å². The molecule has 0 amide bonds. The van der Waals surface area contributed by atoms with Crippen molar-refractivity contribution in [2.45, 2.75) is 0 Å². The van der Waals surface area contributed by atoms with Crippen LogP contribution in [-0.2, 0) is 0 Å². The maximum absolute atomic E-state index is 6.19.